The number of nitrogens with one attached hydrogen (secondary N) is 2. The van der Waals surface area contributed by atoms with E-state index in [2.05, 4.69) is 20.5 Å². The molecule has 0 spiro atoms. The second-order valence-electron chi connectivity index (χ2n) is 9.45. The second-order valence-corrected chi connectivity index (χ2v) is 10.3. The predicted molar refractivity (Wildman–Crippen MR) is 133 cm³/mol. The van der Waals surface area contributed by atoms with E-state index < -0.39 is 5.60 Å². The molecule has 10 heteroatoms. The summed E-state index contributed by atoms with van der Waals surface area (Å²) in [6, 6.07) is 5.77. The van der Waals surface area contributed by atoms with Crippen LogP contribution in [0.2, 0.25) is 0 Å². The third kappa shape index (κ3) is 5.53. The molecular formula is C25H30FN5O3S. The van der Waals surface area contributed by atoms with Crippen LogP contribution in [0.15, 0.2) is 29.6 Å². The summed E-state index contributed by atoms with van der Waals surface area (Å²) in [6.45, 7) is 8.44. The zero-order valence-corrected chi connectivity index (χ0v) is 21.2. The summed E-state index contributed by atoms with van der Waals surface area (Å²) in [5, 5.41) is 12.8. The van der Waals surface area contributed by atoms with Crippen molar-refractivity contribution in [3.8, 4) is 21.8 Å². The van der Waals surface area contributed by atoms with Crippen LogP contribution >= 0.6 is 11.3 Å². The van der Waals surface area contributed by atoms with Crippen molar-refractivity contribution in [1.82, 2.24) is 25.4 Å². The first kappa shape index (κ1) is 24.8. The number of carbonyl (C=O) groups excluding carboxylic acids is 2. The van der Waals surface area contributed by atoms with E-state index in [4.69, 9.17) is 4.74 Å². The molecule has 3 aromatic rings. The highest BCUT2D eigenvalue weighted by molar-refractivity contribution is 7.13. The molecular weight excluding hydrogens is 469 g/mol. The van der Waals surface area contributed by atoms with Crippen molar-refractivity contribution in [3.05, 3.63) is 46.9 Å². The maximum absolute atomic E-state index is 13.6. The molecule has 2 aromatic heterocycles. The van der Waals surface area contributed by atoms with Gasteiger partial charge in [0.05, 0.1) is 17.3 Å². The number of rotatable bonds is 5. The van der Waals surface area contributed by atoms with Crippen LogP contribution in [0.3, 0.4) is 0 Å². The molecule has 186 valence electrons. The Kier molecular flexibility index (Phi) is 7.20. The fourth-order valence-electron chi connectivity index (χ4n) is 4.14. The number of amides is 2. The van der Waals surface area contributed by atoms with Gasteiger partial charge in [-0.3, -0.25) is 14.8 Å². The molecule has 1 atom stereocenters. The Morgan fingerprint density at radius 1 is 1.26 bits per heavy atom. The maximum atomic E-state index is 13.6. The average Bonchev–Trinajstić information content (AvgIpc) is 3.46. The Labute approximate surface area is 207 Å². The predicted octanol–water partition coefficient (Wildman–Crippen LogP) is 5.55. The van der Waals surface area contributed by atoms with Crippen molar-refractivity contribution in [2.45, 2.75) is 58.6 Å². The Hall–Kier alpha value is -3.27. The number of halogens is 1. The van der Waals surface area contributed by atoms with Crippen molar-refractivity contribution in [1.29, 1.82) is 0 Å². The van der Waals surface area contributed by atoms with E-state index in [0.29, 0.717) is 40.6 Å². The highest BCUT2D eigenvalue weighted by Gasteiger charge is 2.35. The lowest BCUT2D eigenvalue weighted by Crippen LogP contribution is -2.42. The largest absolute Gasteiger partial charge is 0.444 e. The Balaban J connectivity index is 1.80. The topological polar surface area (TPSA) is 100 Å². The maximum Gasteiger partial charge on any atom is 0.410 e. The number of benzene rings is 1. The smallest absolute Gasteiger partial charge is 0.410 e. The molecule has 0 radical (unpaired) electrons. The third-order valence-corrected chi connectivity index (χ3v) is 6.52. The van der Waals surface area contributed by atoms with Crippen molar-refractivity contribution < 1.29 is 18.7 Å². The summed E-state index contributed by atoms with van der Waals surface area (Å²) in [4.78, 5) is 31.8. The summed E-state index contributed by atoms with van der Waals surface area (Å²) in [7, 11) is 0. The van der Waals surface area contributed by atoms with Gasteiger partial charge in [-0.15, -0.1) is 11.3 Å². The molecule has 1 unspecified atom stereocenters. The number of carbonyl (C=O) groups is 2. The molecule has 1 fully saturated rings. The van der Waals surface area contributed by atoms with Crippen molar-refractivity contribution in [2.24, 2.45) is 0 Å². The molecule has 0 bridgehead atoms. The fourth-order valence-corrected chi connectivity index (χ4v) is 5.00. The number of hydrogen-bond donors (Lipinski definition) is 2. The Morgan fingerprint density at radius 2 is 2.00 bits per heavy atom. The number of aromatic amines is 1. The number of ether oxygens (including phenoxy) is 1. The van der Waals surface area contributed by atoms with Crippen LogP contribution in [0, 0.1) is 5.82 Å². The second kappa shape index (κ2) is 10.2. The van der Waals surface area contributed by atoms with Gasteiger partial charge in [0, 0.05) is 24.0 Å². The monoisotopic (exact) mass is 499 g/mol. The number of nitrogens with zero attached hydrogens (tertiary/aromatic N) is 3. The van der Waals surface area contributed by atoms with Crippen LogP contribution in [0.25, 0.3) is 21.8 Å². The van der Waals surface area contributed by atoms with Crippen LogP contribution in [-0.4, -0.2) is 50.8 Å². The van der Waals surface area contributed by atoms with Crippen molar-refractivity contribution in [2.75, 3.05) is 13.1 Å². The van der Waals surface area contributed by atoms with Gasteiger partial charge in [0.1, 0.15) is 27.8 Å². The fraction of sp³-hybridized carbons (Fsp3) is 0.440. The van der Waals surface area contributed by atoms with Gasteiger partial charge in [-0.2, -0.15) is 5.10 Å². The third-order valence-electron chi connectivity index (χ3n) is 5.66. The molecule has 35 heavy (non-hydrogen) atoms. The summed E-state index contributed by atoms with van der Waals surface area (Å²) >= 11 is 1.33. The molecule has 8 nitrogen and oxygen atoms in total. The minimum atomic E-state index is -0.619. The van der Waals surface area contributed by atoms with Crippen LogP contribution < -0.4 is 5.32 Å². The first-order chi connectivity index (χ1) is 16.7. The van der Waals surface area contributed by atoms with Gasteiger partial charge in [-0.25, -0.2) is 14.2 Å². The Bertz CT molecular complexity index is 1200. The number of aromatic nitrogens is 3. The highest BCUT2D eigenvalue weighted by Crippen LogP contribution is 2.42. The lowest BCUT2D eigenvalue weighted by Gasteiger charge is -2.36. The average molecular weight is 500 g/mol. The number of piperidine rings is 1. The lowest BCUT2D eigenvalue weighted by atomic mass is 9.95. The van der Waals surface area contributed by atoms with Gasteiger partial charge in [0.15, 0.2) is 0 Å². The lowest BCUT2D eigenvalue weighted by molar-refractivity contribution is 0.00906. The molecule has 1 aliphatic rings. The summed E-state index contributed by atoms with van der Waals surface area (Å²) in [5.41, 5.74) is 2.43. The van der Waals surface area contributed by atoms with E-state index in [-0.39, 0.29) is 23.9 Å². The standard InChI is InChI=1S/C25H30FN5O3S/c1-5-27-22(32)17-14-35-23(28-17)19-20(15-9-11-16(26)12-10-15)29-30-21(19)18-8-6-7-13-31(18)24(33)34-25(2,3)4/h9-12,14,18H,5-8,13H2,1-4H3,(H,27,32)(H,29,30). The first-order valence-electron chi connectivity index (χ1n) is 11.8. The Morgan fingerprint density at radius 3 is 2.69 bits per heavy atom. The number of likely N-dealkylation sites (tertiary alicyclic amines) is 1. The summed E-state index contributed by atoms with van der Waals surface area (Å²) < 4.78 is 19.3. The number of H-pyrrole nitrogens is 1. The molecule has 4 rings (SSSR count). The van der Waals surface area contributed by atoms with E-state index >= 15 is 0 Å². The minimum Gasteiger partial charge on any atom is -0.444 e. The molecule has 2 N–H and O–H groups in total. The van der Waals surface area contributed by atoms with Gasteiger partial charge >= 0.3 is 6.09 Å². The van der Waals surface area contributed by atoms with E-state index in [1.54, 1.807) is 22.4 Å². The van der Waals surface area contributed by atoms with Crippen LogP contribution in [0.4, 0.5) is 9.18 Å². The number of hydrogen-bond acceptors (Lipinski definition) is 6. The van der Waals surface area contributed by atoms with E-state index in [0.717, 1.165) is 25.0 Å². The summed E-state index contributed by atoms with van der Waals surface area (Å²) in [5.74, 6) is -0.598. The minimum absolute atomic E-state index is 0.253. The highest BCUT2D eigenvalue weighted by atomic mass is 32.1. The van der Waals surface area contributed by atoms with Gasteiger partial charge in [0.25, 0.3) is 5.91 Å². The zero-order valence-electron chi connectivity index (χ0n) is 20.4. The van der Waals surface area contributed by atoms with Gasteiger partial charge < -0.3 is 10.1 Å². The molecule has 2 amide bonds. The normalized spacial score (nSPS) is 16.3. The van der Waals surface area contributed by atoms with Crippen LogP contribution in [-0.2, 0) is 4.74 Å². The van der Waals surface area contributed by atoms with E-state index in [9.17, 15) is 14.0 Å². The van der Waals surface area contributed by atoms with Crippen molar-refractivity contribution >= 4 is 23.3 Å². The molecule has 3 heterocycles. The SMILES string of the molecule is CCNC(=O)c1csc(-c2c(-c3ccc(F)cc3)n[nH]c2C2CCCCN2C(=O)OC(C)(C)C)n1. The molecule has 1 saturated heterocycles. The van der Waals surface area contributed by atoms with Crippen molar-refractivity contribution in [3.63, 3.8) is 0 Å². The van der Waals surface area contributed by atoms with E-state index in [1.807, 2.05) is 27.7 Å². The zero-order chi connectivity index (χ0) is 25.2. The van der Waals surface area contributed by atoms with Gasteiger partial charge in [-0.1, -0.05) is 0 Å². The molecule has 1 aromatic carbocycles. The summed E-state index contributed by atoms with van der Waals surface area (Å²) in [6.07, 6.45) is 2.17. The first-order valence-corrected chi connectivity index (χ1v) is 12.6. The quantitative estimate of drug-likeness (QED) is 0.479. The van der Waals surface area contributed by atoms with Gasteiger partial charge in [-0.05, 0) is 71.2 Å². The number of thiazole rings is 1. The molecule has 0 aliphatic carbocycles. The molecule has 0 saturated carbocycles. The van der Waals surface area contributed by atoms with Gasteiger partial charge in [0.2, 0.25) is 0 Å². The molecule has 1 aliphatic heterocycles. The van der Waals surface area contributed by atoms with E-state index in [1.165, 1.54) is 23.5 Å². The van der Waals surface area contributed by atoms with Crippen LogP contribution in [0.1, 0.15) is 69.2 Å². The van der Waals surface area contributed by atoms with Crippen LogP contribution in [0.5, 0.6) is 0 Å².